The predicted molar refractivity (Wildman–Crippen MR) is 82.8 cm³/mol. The van der Waals surface area contributed by atoms with Crippen molar-refractivity contribution in [2.24, 2.45) is 0 Å². The third kappa shape index (κ3) is 5.95. The van der Waals surface area contributed by atoms with Gasteiger partial charge in [-0.25, -0.2) is 9.59 Å². The molecule has 1 atom stereocenters. The number of carbonyl (C=O) groups is 2. The van der Waals surface area contributed by atoms with Crippen molar-refractivity contribution in [1.82, 2.24) is 10.6 Å². The minimum Gasteiger partial charge on any atom is -0.496 e. The fraction of sp³-hybridized carbons (Fsp3) is 0.429. The zero-order chi connectivity index (χ0) is 15.7. The van der Waals surface area contributed by atoms with Gasteiger partial charge in [-0.3, -0.25) is 0 Å². The van der Waals surface area contributed by atoms with Crippen LogP contribution in [0.5, 0.6) is 5.75 Å². The maximum absolute atomic E-state index is 11.8. The van der Waals surface area contributed by atoms with Gasteiger partial charge >= 0.3 is 12.0 Å². The summed E-state index contributed by atoms with van der Waals surface area (Å²) in [7, 11) is 1.56. The Morgan fingerprint density at radius 1 is 1.38 bits per heavy atom. The molecule has 0 unspecified atom stereocenters. The lowest BCUT2D eigenvalue weighted by molar-refractivity contribution is -0.139. The van der Waals surface area contributed by atoms with Gasteiger partial charge in [-0.05, 0) is 24.5 Å². The average molecular weight is 312 g/mol. The van der Waals surface area contributed by atoms with Crippen LogP contribution in [0, 0.1) is 0 Å². The van der Waals surface area contributed by atoms with Crippen LogP contribution in [-0.2, 0) is 11.3 Å². The number of rotatable bonds is 8. The minimum absolute atomic E-state index is 0.269. The molecule has 21 heavy (non-hydrogen) atoms. The van der Waals surface area contributed by atoms with Gasteiger partial charge in [0.25, 0.3) is 0 Å². The topological polar surface area (TPSA) is 87.7 Å². The summed E-state index contributed by atoms with van der Waals surface area (Å²) in [6.07, 6.45) is 2.28. The normalized spacial score (nSPS) is 11.5. The van der Waals surface area contributed by atoms with Crippen molar-refractivity contribution in [3.05, 3.63) is 29.8 Å². The summed E-state index contributed by atoms with van der Waals surface area (Å²) in [5, 5.41) is 14.1. The van der Waals surface area contributed by atoms with E-state index in [4.69, 9.17) is 9.84 Å². The van der Waals surface area contributed by atoms with Gasteiger partial charge in [0.1, 0.15) is 11.8 Å². The van der Waals surface area contributed by atoms with Crippen LogP contribution in [0.3, 0.4) is 0 Å². The number of hydrogen-bond acceptors (Lipinski definition) is 4. The smallest absolute Gasteiger partial charge is 0.326 e. The Morgan fingerprint density at radius 3 is 2.71 bits per heavy atom. The molecular weight excluding hydrogens is 292 g/mol. The number of nitrogens with one attached hydrogen (secondary N) is 2. The number of methoxy groups -OCH3 is 1. The van der Waals surface area contributed by atoms with Gasteiger partial charge in [0.05, 0.1) is 7.11 Å². The number of carboxylic acid groups (broad SMARTS) is 1. The van der Waals surface area contributed by atoms with Gasteiger partial charge < -0.3 is 20.5 Å². The number of para-hydroxylation sites is 1. The SMILES string of the molecule is COc1ccccc1CNC(=O)N[C@@H](CCSC)C(=O)O. The molecule has 1 aromatic carbocycles. The van der Waals surface area contributed by atoms with Crippen LogP contribution in [0.15, 0.2) is 24.3 Å². The van der Waals surface area contributed by atoms with Crippen LogP contribution in [0.1, 0.15) is 12.0 Å². The zero-order valence-electron chi connectivity index (χ0n) is 12.1. The molecule has 6 nitrogen and oxygen atoms in total. The summed E-state index contributed by atoms with van der Waals surface area (Å²) in [6.45, 7) is 0.269. The average Bonchev–Trinajstić information content (AvgIpc) is 2.49. The summed E-state index contributed by atoms with van der Waals surface area (Å²) >= 11 is 1.54. The molecular formula is C14H20N2O4S. The van der Waals surface area contributed by atoms with Gasteiger partial charge in [-0.15, -0.1) is 0 Å². The number of aliphatic carboxylic acids is 1. The third-order valence-electron chi connectivity index (χ3n) is 2.85. The largest absolute Gasteiger partial charge is 0.496 e. The number of hydrogen-bond donors (Lipinski definition) is 3. The van der Waals surface area contributed by atoms with Crippen molar-refractivity contribution in [2.45, 2.75) is 19.0 Å². The van der Waals surface area contributed by atoms with E-state index >= 15 is 0 Å². The first-order valence-electron chi connectivity index (χ1n) is 6.46. The van der Waals surface area contributed by atoms with Crippen molar-refractivity contribution in [1.29, 1.82) is 0 Å². The monoisotopic (exact) mass is 312 g/mol. The van der Waals surface area contributed by atoms with E-state index in [1.807, 2.05) is 24.5 Å². The number of carboxylic acids is 1. The molecule has 2 amide bonds. The maximum Gasteiger partial charge on any atom is 0.326 e. The first-order chi connectivity index (χ1) is 10.1. The molecule has 116 valence electrons. The van der Waals surface area contributed by atoms with E-state index < -0.39 is 18.0 Å². The molecule has 0 heterocycles. The lowest BCUT2D eigenvalue weighted by Gasteiger charge is -2.15. The minimum atomic E-state index is -1.03. The maximum atomic E-state index is 11.8. The molecule has 0 aliphatic rings. The number of urea groups is 1. The highest BCUT2D eigenvalue weighted by Gasteiger charge is 2.19. The first-order valence-corrected chi connectivity index (χ1v) is 7.86. The fourth-order valence-electron chi connectivity index (χ4n) is 1.73. The van der Waals surface area contributed by atoms with Crippen LogP contribution < -0.4 is 15.4 Å². The van der Waals surface area contributed by atoms with Crippen LogP contribution >= 0.6 is 11.8 Å². The van der Waals surface area contributed by atoms with Gasteiger partial charge in [-0.2, -0.15) is 11.8 Å². The van der Waals surface area contributed by atoms with Crippen molar-refractivity contribution in [2.75, 3.05) is 19.1 Å². The quantitative estimate of drug-likeness (QED) is 0.680. The van der Waals surface area contributed by atoms with Crippen LogP contribution in [0.25, 0.3) is 0 Å². The third-order valence-corrected chi connectivity index (χ3v) is 3.49. The highest BCUT2D eigenvalue weighted by Crippen LogP contribution is 2.16. The molecule has 0 aromatic heterocycles. The molecule has 0 spiro atoms. The molecule has 0 saturated carbocycles. The van der Waals surface area contributed by atoms with Crippen LogP contribution in [0.4, 0.5) is 4.79 Å². The fourth-order valence-corrected chi connectivity index (χ4v) is 2.20. The second-order valence-electron chi connectivity index (χ2n) is 4.31. The highest BCUT2D eigenvalue weighted by molar-refractivity contribution is 7.98. The van der Waals surface area contributed by atoms with E-state index in [9.17, 15) is 9.59 Å². The highest BCUT2D eigenvalue weighted by atomic mass is 32.2. The lowest BCUT2D eigenvalue weighted by Crippen LogP contribution is -2.46. The number of thioether (sulfide) groups is 1. The molecule has 3 N–H and O–H groups in total. The Balaban J connectivity index is 2.50. The van der Waals surface area contributed by atoms with Crippen LogP contribution in [0.2, 0.25) is 0 Å². The van der Waals surface area contributed by atoms with Gasteiger partial charge in [0.15, 0.2) is 0 Å². The number of ether oxygens (including phenoxy) is 1. The summed E-state index contributed by atoms with van der Waals surface area (Å²) in [4.78, 5) is 22.8. The number of carbonyl (C=O) groups excluding carboxylic acids is 1. The Labute approximate surface area is 128 Å². The molecule has 1 aromatic rings. The van der Waals surface area contributed by atoms with Crippen molar-refractivity contribution >= 4 is 23.8 Å². The van der Waals surface area contributed by atoms with E-state index in [0.29, 0.717) is 17.9 Å². The lowest BCUT2D eigenvalue weighted by atomic mass is 10.2. The van der Waals surface area contributed by atoms with E-state index in [1.165, 1.54) is 11.8 Å². The Morgan fingerprint density at radius 2 is 2.10 bits per heavy atom. The molecule has 0 bridgehead atoms. The standard InChI is InChI=1S/C14H20N2O4S/c1-20-12-6-4-3-5-10(12)9-15-14(19)16-11(13(17)18)7-8-21-2/h3-6,11H,7-9H2,1-2H3,(H,17,18)(H2,15,16,19)/t11-/m0/s1. The summed E-state index contributed by atoms with van der Waals surface area (Å²) in [5.74, 6) is 0.315. The Kier molecular flexibility index (Phi) is 7.45. The number of amides is 2. The van der Waals surface area contributed by atoms with Crippen molar-refractivity contribution < 1.29 is 19.4 Å². The second-order valence-corrected chi connectivity index (χ2v) is 5.30. The summed E-state index contributed by atoms with van der Waals surface area (Å²) in [5.41, 5.74) is 0.825. The predicted octanol–water partition coefficient (Wildman–Crippen LogP) is 1.70. The molecule has 0 saturated heterocycles. The number of benzene rings is 1. The summed E-state index contributed by atoms with van der Waals surface area (Å²) in [6, 6.07) is 5.93. The Bertz CT molecular complexity index is 482. The molecule has 0 radical (unpaired) electrons. The van der Waals surface area contributed by atoms with Gasteiger partial charge in [0.2, 0.25) is 0 Å². The Hall–Kier alpha value is -1.89. The molecule has 0 fully saturated rings. The van der Waals surface area contributed by atoms with E-state index in [-0.39, 0.29) is 6.54 Å². The van der Waals surface area contributed by atoms with Crippen LogP contribution in [-0.4, -0.2) is 42.3 Å². The molecule has 0 aliphatic carbocycles. The zero-order valence-corrected chi connectivity index (χ0v) is 12.9. The van der Waals surface area contributed by atoms with Crippen molar-refractivity contribution in [3.8, 4) is 5.75 Å². The molecule has 1 rings (SSSR count). The molecule has 0 aliphatic heterocycles. The van der Waals surface area contributed by atoms with Gasteiger partial charge in [-0.1, -0.05) is 18.2 Å². The molecule has 7 heteroatoms. The van der Waals surface area contributed by atoms with E-state index in [0.717, 1.165) is 5.56 Å². The second kappa shape index (κ2) is 9.12. The van der Waals surface area contributed by atoms with Gasteiger partial charge in [0, 0.05) is 12.1 Å². The first kappa shape index (κ1) is 17.2. The van der Waals surface area contributed by atoms with Crippen molar-refractivity contribution in [3.63, 3.8) is 0 Å². The summed E-state index contributed by atoms with van der Waals surface area (Å²) < 4.78 is 5.18. The van der Waals surface area contributed by atoms with E-state index in [1.54, 1.807) is 13.2 Å². The van der Waals surface area contributed by atoms with E-state index in [2.05, 4.69) is 10.6 Å².